The Hall–Kier alpha value is -1.76. The standard InChI is InChI=1S/C18H28N4O5S.HI/c1-4-27-16-11-13(5-6-15(16)26-3)22-18(19-2)20-9-7-17(23)21-14-8-10-28(24,25)12-14;/h5-6,11,14H,4,7-10,12H2,1-3H3,(H,21,23)(H2,19,20,22);1H. The van der Waals surface area contributed by atoms with Crippen LogP contribution in [0.4, 0.5) is 5.69 Å². The molecule has 0 aromatic heterocycles. The summed E-state index contributed by atoms with van der Waals surface area (Å²) < 4.78 is 33.7. The molecule has 0 saturated carbocycles. The lowest BCUT2D eigenvalue weighted by atomic mass is 10.2. The molecule has 1 aliphatic heterocycles. The third-order valence-corrected chi connectivity index (χ3v) is 5.96. The molecule has 1 amide bonds. The fraction of sp³-hybridized carbons (Fsp3) is 0.556. The second-order valence-electron chi connectivity index (χ2n) is 6.34. The number of aliphatic imine (C=N–C) groups is 1. The Bertz CT molecular complexity index is 816. The highest BCUT2D eigenvalue weighted by Gasteiger charge is 2.28. The lowest BCUT2D eigenvalue weighted by Crippen LogP contribution is -2.38. The van der Waals surface area contributed by atoms with Gasteiger partial charge in [0.25, 0.3) is 0 Å². The minimum Gasteiger partial charge on any atom is -0.493 e. The summed E-state index contributed by atoms with van der Waals surface area (Å²) in [6.45, 7) is 2.77. The molecule has 29 heavy (non-hydrogen) atoms. The monoisotopic (exact) mass is 540 g/mol. The van der Waals surface area contributed by atoms with Crippen molar-refractivity contribution in [3.05, 3.63) is 18.2 Å². The second kappa shape index (κ2) is 12.1. The van der Waals surface area contributed by atoms with E-state index in [1.165, 1.54) is 0 Å². The van der Waals surface area contributed by atoms with Gasteiger partial charge in [0.05, 0.1) is 25.2 Å². The number of guanidine groups is 1. The minimum absolute atomic E-state index is 0. The van der Waals surface area contributed by atoms with Crippen molar-refractivity contribution in [1.29, 1.82) is 0 Å². The number of hydrogen-bond donors (Lipinski definition) is 3. The smallest absolute Gasteiger partial charge is 0.222 e. The van der Waals surface area contributed by atoms with E-state index in [2.05, 4.69) is 20.9 Å². The van der Waals surface area contributed by atoms with Crippen molar-refractivity contribution in [1.82, 2.24) is 10.6 Å². The van der Waals surface area contributed by atoms with E-state index >= 15 is 0 Å². The molecule has 0 aliphatic carbocycles. The number of anilines is 1. The lowest BCUT2D eigenvalue weighted by molar-refractivity contribution is -0.121. The molecule has 1 aromatic carbocycles. The number of halogens is 1. The Morgan fingerprint density at radius 1 is 1.31 bits per heavy atom. The number of nitrogens with one attached hydrogen (secondary N) is 3. The molecule has 9 nitrogen and oxygen atoms in total. The predicted octanol–water partition coefficient (Wildman–Crippen LogP) is 1.39. The number of carbonyl (C=O) groups is 1. The van der Waals surface area contributed by atoms with E-state index in [0.717, 1.165) is 5.69 Å². The molecular weight excluding hydrogens is 511 g/mol. The lowest BCUT2D eigenvalue weighted by Gasteiger charge is -2.15. The van der Waals surface area contributed by atoms with Gasteiger partial charge in [0, 0.05) is 37.8 Å². The van der Waals surface area contributed by atoms with Crippen molar-refractivity contribution in [3.63, 3.8) is 0 Å². The van der Waals surface area contributed by atoms with Gasteiger partial charge in [-0.25, -0.2) is 8.42 Å². The Morgan fingerprint density at radius 2 is 2.07 bits per heavy atom. The summed E-state index contributed by atoms with van der Waals surface area (Å²) in [4.78, 5) is 16.1. The topological polar surface area (TPSA) is 118 Å². The Balaban J connectivity index is 0.00000420. The molecule has 1 aromatic rings. The molecule has 1 saturated heterocycles. The molecule has 11 heteroatoms. The molecule has 1 aliphatic rings. The molecule has 0 spiro atoms. The molecule has 2 rings (SSSR count). The number of methoxy groups -OCH3 is 1. The van der Waals surface area contributed by atoms with E-state index in [-0.39, 0.29) is 53.9 Å². The maximum absolute atomic E-state index is 12.0. The molecule has 1 heterocycles. The third-order valence-electron chi connectivity index (χ3n) is 4.19. The molecule has 164 valence electrons. The van der Waals surface area contributed by atoms with Gasteiger partial charge in [-0.05, 0) is 25.5 Å². The summed E-state index contributed by atoms with van der Waals surface area (Å²) in [6, 6.07) is 5.15. The van der Waals surface area contributed by atoms with Gasteiger partial charge < -0.3 is 25.4 Å². The number of nitrogens with zero attached hydrogens (tertiary/aromatic N) is 1. The van der Waals surface area contributed by atoms with Gasteiger partial charge in [-0.3, -0.25) is 9.79 Å². The Morgan fingerprint density at radius 3 is 2.66 bits per heavy atom. The van der Waals surface area contributed by atoms with Crippen molar-refractivity contribution in [3.8, 4) is 11.5 Å². The molecule has 1 atom stereocenters. The van der Waals surface area contributed by atoms with Gasteiger partial charge in [-0.15, -0.1) is 24.0 Å². The van der Waals surface area contributed by atoms with Gasteiger partial charge in [-0.2, -0.15) is 0 Å². The summed E-state index contributed by atoms with van der Waals surface area (Å²) in [7, 11) is 0.206. The van der Waals surface area contributed by atoms with Crippen LogP contribution < -0.4 is 25.4 Å². The van der Waals surface area contributed by atoms with Crippen LogP contribution in [0.3, 0.4) is 0 Å². The number of carbonyl (C=O) groups excluding carboxylic acids is 1. The van der Waals surface area contributed by atoms with Crippen LogP contribution in [0.2, 0.25) is 0 Å². The van der Waals surface area contributed by atoms with Crippen molar-refractivity contribution in [2.24, 2.45) is 4.99 Å². The number of hydrogen-bond acceptors (Lipinski definition) is 6. The van der Waals surface area contributed by atoms with Gasteiger partial charge in [0.1, 0.15) is 0 Å². The summed E-state index contributed by atoms with van der Waals surface area (Å²) in [5, 5.41) is 8.95. The Labute approximate surface area is 189 Å². The van der Waals surface area contributed by atoms with Crippen molar-refractivity contribution >= 4 is 51.4 Å². The van der Waals surface area contributed by atoms with E-state index in [0.29, 0.717) is 37.0 Å². The number of sulfone groups is 1. The quantitative estimate of drug-likeness (QED) is 0.259. The van der Waals surface area contributed by atoms with E-state index in [1.54, 1.807) is 20.2 Å². The maximum Gasteiger partial charge on any atom is 0.222 e. The second-order valence-corrected chi connectivity index (χ2v) is 8.57. The first-order valence-electron chi connectivity index (χ1n) is 9.15. The van der Waals surface area contributed by atoms with Crippen LogP contribution in [0.15, 0.2) is 23.2 Å². The van der Waals surface area contributed by atoms with Crippen LogP contribution in [-0.4, -0.2) is 65.1 Å². The van der Waals surface area contributed by atoms with Crippen LogP contribution in [0.25, 0.3) is 0 Å². The number of benzene rings is 1. The van der Waals surface area contributed by atoms with E-state index < -0.39 is 9.84 Å². The van der Waals surface area contributed by atoms with Gasteiger partial charge >= 0.3 is 0 Å². The van der Waals surface area contributed by atoms with E-state index in [4.69, 9.17) is 9.47 Å². The van der Waals surface area contributed by atoms with Gasteiger partial charge in [0.15, 0.2) is 27.3 Å². The van der Waals surface area contributed by atoms with Crippen molar-refractivity contribution in [2.45, 2.75) is 25.8 Å². The van der Waals surface area contributed by atoms with E-state index in [9.17, 15) is 13.2 Å². The molecule has 1 fully saturated rings. The summed E-state index contributed by atoms with van der Waals surface area (Å²) in [5.74, 6) is 1.74. The van der Waals surface area contributed by atoms with Crippen LogP contribution >= 0.6 is 24.0 Å². The SMILES string of the molecule is CCOc1cc(NC(=NC)NCCC(=O)NC2CCS(=O)(=O)C2)ccc1OC.I. The molecule has 3 N–H and O–H groups in total. The number of rotatable bonds is 8. The molecule has 0 radical (unpaired) electrons. The molecule has 1 unspecified atom stereocenters. The number of ether oxygens (including phenoxy) is 2. The highest BCUT2D eigenvalue weighted by molar-refractivity contribution is 14.0. The first kappa shape index (κ1) is 25.3. The normalized spacial score (nSPS) is 17.8. The van der Waals surface area contributed by atoms with Crippen molar-refractivity contribution in [2.75, 3.05) is 44.1 Å². The van der Waals surface area contributed by atoms with Gasteiger partial charge in [-0.1, -0.05) is 0 Å². The average molecular weight is 540 g/mol. The van der Waals surface area contributed by atoms with Crippen LogP contribution in [0.5, 0.6) is 11.5 Å². The predicted molar refractivity (Wildman–Crippen MR) is 124 cm³/mol. The van der Waals surface area contributed by atoms with Crippen molar-refractivity contribution < 1.29 is 22.7 Å². The molecule has 0 bridgehead atoms. The van der Waals surface area contributed by atoms with E-state index in [1.807, 2.05) is 19.1 Å². The fourth-order valence-electron chi connectivity index (χ4n) is 2.84. The van der Waals surface area contributed by atoms with Crippen LogP contribution in [0.1, 0.15) is 19.8 Å². The zero-order valence-corrected chi connectivity index (χ0v) is 20.0. The van der Waals surface area contributed by atoms with Gasteiger partial charge in [0.2, 0.25) is 5.91 Å². The van der Waals surface area contributed by atoms with Crippen LogP contribution in [-0.2, 0) is 14.6 Å². The summed E-state index contributed by atoms with van der Waals surface area (Å²) in [6.07, 6.45) is 0.689. The summed E-state index contributed by atoms with van der Waals surface area (Å²) >= 11 is 0. The Kier molecular flexibility index (Phi) is 10.5. The highest BCUT2D eigenvalue weighted by Crippen LogP contribution is 2.30. The fourth-order valence-corrected chi connectivity index (χ4v) is 4.52. The van der Waals surface area contributed by atoms with Crippen LogP contribution in [0, 0.1) is 0 Å². The first-order valence-corrected chi connectivity index (χ1v) is 11.0. The zero-order valence-electron chi connectivity index (χ0n) is 16.9. The third kappa shape index (κ3) is 8.25. The first-order chi connectivity index (χ1) is 13.4. The average Bonchev–Trinajstić information content (AvgIpc) is 2.99. The summed E-state index contributed by atoms with van der Waals surface area (Å²) in [5.41, 5.74) is 0.762. The maximum atomic E-state index is 12.0. The zero-order chi connectivity index (χ0) is 20.6. The minimum atomic E-state index is -3.01. The molecular formula is C18H29IN4O5S. The highest BCUT2D eigenvalue weighted by atomic mass is 127. The number of amides is 1. The largest absolute Gasteiger partial charge is 0.493 e.